The van der Waals surface area contributed by atoms with Crippen LogP contribution in [0.5, 0.6) is 17.4 Å². The summed E-state index contributed by atoms with van der Waals surface area (Å²) in [4.78, 5) is 18.3. The van der Waals surface area contributed by atoms with Crippen LogP contribution in [0.2, 0.25) is 5.02 Å². The molecule has 0 N–H and O–H groups in total. The number of alkyl halides is 3. The van der Waals surface area contributed by atoms with Gasteiger partial charge in [-0.05, 0) is 42.8 Å². The van der Waals surface area contributed by atoms with Gasteiger partial charge in [0.15, 0.2) is 17.4 Å². The molecule has 0 radical (unpaired) electrons. The molecule has 0 bridgehead atoms. The zero-order valence-corrected chi connectivity index (χ0v) is 20.2. The highest BCUT2D eigenvalue weighted by atomic mass is 35.5. The maximum absolute atomic E-state index is 14.6. The smallest absolute Gasteiger partial charge is 0.417 e. The Morgan fingerprint density at radius 1 is 1.08 bits per heavy atom. The maximum Gasteiger partial charge on any atom is 0.417 e. The fraction of sp³-hybridized carbons (Fsp3) is 0.333. The fourth-order valence-electron chi connectivity index (χ4n) is 3.75. The van der Waals surface area contributed by atoms with Crippen molar-refractivity contribution in [3.05, 3.63) is 74.7 Å². The fourth-order valence-corrected chi connectivity index (χ4v) is 3.98. The number of anilines is 1. The Labute approximate surface area is 213 Å². The summed E-state index contributed by atoms with van der Waals surface area (Å²) in [6.07, 6.45) is -4.78. The lowest BCUT2D eigenvalue weighted by molar-refractivity contribution is -0.137. The number of rotatable bonds is 7. The molecule has 13 heteroatoms. The molecule has 2 heterocycles. The van der Waals surface area contributed by atoms with E-state index in [4.69, 9.17) is 25.8 Å². The molecule has 0 aliphatic carbocycles. The van der Waals surface area contributed by atoms with Crippen LogP contribution in [0.4, 0.5) is 27.8 Å². The van der Waals surface area contributed by atoms with Crippen LogP contribution in [-0.2, 0) is 24.1 Å². The molecule has 1 aliphatic heterocycles. The zero-order chi connectivity index (χ0) is 26.7. The Morgan fingerprint density at radius 2 is 1.76 bits per heavy atom. The van der Waals surface area contributed by atoms with Gasteiger partial charge in [0.25, 0.3) is 0 Å². The second-order valence-electron chi connectivity index (χ2n) is 8.00. The van der Waals surface area contributed by atoms with Gasteiger partial charge in [0.1, 0.15) is 18.2 Å². The molecule has 1 saturated heterocycles. The van der Waals surface area contributed by atoms with E-state index in [1.54, 1.807) is 13.0 Å². The molecule has 0 spiro atoms. The minimum absolute atomic E-state index is 0.0295. The number of hydrogen-bond acceptors (Lipinski definition) is 6. The van der Waals surface area contributed by atoms with E-state index in [9.17, 15) is 26.7 Å². The van der Waals surface area contributed by atoms with Crippen LogP contribution in [0.15, 0.2) is 41.2 Å². The van der Waals surface area contributed by atoms with Crippen LogP contribution in [0.3, 0.4) is 0 Å². The average molecular weight is 546 g/mol. The second kappa shape index (κ2) is 10.9. The van der Waals surface area contributed by atoms with Crippen LogP contribution in [0.1, 0.15) is 18.1 Å². The minimum atomic E-state index is -4.78. The van der Waals surface area contributed by atoms with Crippen molar-refractivity contribution < 1.29 is 36.2 Å². The zero-order valence-electron chi connectivity index (χ0n) is 19.4. The number of ether oxygens (including phenoxy) is 3. The Bertz CT molecular complexity index is 1320. The lowest BCUT2D eigenvalue weighted by atomic mass is 10.2. The van der Waals surface area contributed by atoms with Gasteiger partial charge in [-0.25, -0.2) is 13.6 Å². The van der Waals surface area contributed by atoms with Crippen molar-refractivity contribution >= 4 is 17.4 Å². The van der Waals surface area contributed by atoms with Crippen molar-refractivity contribution in [2.24, 2.45) is 0 Å². The highest BCUT2D eigenvalue weighted by Crippen LogP contribution is 2.38. The topological polar surface area (TPSA) is 65.8 Å². The summed E-state index contributed by atoms with van der Waals surface area (Å²) in [5, 5.41) is -0.578. The van der Waals surface area contributed by atoms with Gasteiger partial charge in [-0.1, -0.05) is 11.6 Å². The SMILES string of the molecule is CCn1c(N2CCOCC2)cc(OCc2cc(F)c(Oc3ccc(Cl)c(C(F)(F)F)c3)c(F)c2)nc1=O. The van der Waals surface area contributed by atoms with E-state index in [2.05, 4.69) is 4.98 Å². The van der Waals surface area contributed by atoms with Crippen molar-refractivity contribution in [3.8, 4) is 17.4 Å². The molecule has 37 heavy (non-hydrogen) atoms. The molecule has 0 atom stereocenters. The normalized spacial score (nSPS) is 14.1. The highest BCUT2D eigenvalue weighted by Gasteiger charge is 2.33. The predicted molar refractivity (Wildman–Crippen MR) is 124 cm³/mol. The van der Waals surface area contributed by atoms with Crippen LogP contribution in [0.25, 0.3) is 0 Å². The van der Waals surface area contributed by atoms with Gasteiger partial charge in [-0.15, -0.1) is 0 Å². The van der Waals surface area contributed by atoms with Crippen LogP contribution < -0.4 is 20.1 Å². The molecule has 7 nitrogen and oxygen atoms in total. The number of aromatic nitrogens is 2. The molecular weight excluding hydrogens is 525 g/mol. The van der Waals surface area contributed by atoms with Crippen molar-refractivity contribution in [2.45, 2.75) is 26.3 Å². The summed E-state index contributed by atoms with van der Waals surface area (Å²) in [5.74, 6) is -3.11. The van der Waals surface area contributed by atoms with Crippen molar-refractivity contribution in [1.82, 2.24) is 9.55 Å². The molecule has 4 rings (SSSR count). The van der Waals surface area contributed by atoms with Gasteiger partial charge in [0.05, 0.1) is 23.8 Å². The van der Waals surface area contributed by atoms with Crippen LogP contribution in [-0.4, -0.2) is 35.9 Å². The van der Waals surface area contributed by atoms with E-state index in [1.807, 2.05) is 4.90 Å². The minimum Gasteiger partial charge on any atom is -0.473 e. The van der Waals surface area contributed by atoms with E-state index >= 15 is 0 Å². The van der Waals surface area contributed by atoms with Gasteiger partial charge < -0.3 is 19.1 Å². The summed E-state index contributed by atoms with van der Waals surface area (Å²) >= 11 is 5.56. The summed E-state index contributed by atoms with van der Waals surface area (Å²) < 4.78 is 85.9. The molecule has 198 valence electrons. The molecule has 2 aromatic carbocycles. The number of halogens is 6. The van der Waals surface area contributed by atoms with Gasteiger partial charge in [0, 0.05) is 25.7 Å². The van der Waals surface area contributed by atoms with Crippen molar-refractivity contribution in [3.63, 3.8) is 0 Å². The standard InChI is InChI=1S/C24H21ClF5N3O4/c1-2-33-21(32-5-7-35-8-6-32)12-20(31-23(33)34)36-13-14-9-18(26)22(19(27)10-14)37-15-3-4-17(25)16(11-15)24(28,29)30/h3-4,9-12H,2,5-8,13H2,1H3. The third-order valence-corrected chi connectivity index (χ3v) is 5.85. The molecule has 3 aromatic rings. The first-order chi connectivity index (χ1) is 17.6. The molecule has 0 unspecified atom stereocenters. The average Bonchev–Trinajstić information content (AvgIpc) is 2.85. The lowest BCUT2D eigenvalue weighted by Gasteiger charge is -2.30. The van der Waals surface area contributed by atoms with Gasteiger partial charge >= 0.3 is 11.9 Å². The van der Waals surface area contributed by atoms with E-state index < -0.39 is 45.6 Å². The third-order valence-electron chi connectivity index (χ3n) is 5.53. The van der Waals surface area contributed by atoms with Gasteiger partial charge in [-0.3, -0.25) is 4.57 Å². The monoisotopic (exact) mass is 545 g/mol. The van der Waals surface area contributed by atoms with Crippen LogP contribution in [0, 0.1) is 11.6 Å². The van der Waals surface area contributed by atoms with Gasteiger partial charge in [0.2, 0.25) is 5.88 Å². The quantitative estimate of drug-likeness (QED) is 0.369. The first-order valence-electron chi connectivity index (χ1n) is 11.2. The third kappa shape index (κ3) is 6.13. The second-order valence-corrected chi connectivity index (χ2v) is 8.40. The molecular formula is C24H21ClF5N3O4. The van der Waals surface area contributed by atoms with E-state index in [1.165, 1.54) is 4.57 Å². The molecule has 1 aliphatic rings. The number of benzene rings is 2. The lowest BCUT2D eigenvalue weighted by Crippen LogP contribution is -2.40. The molecule has 0 amide bonds. The summed E-state index contributed by atoms with van der Waals surface area (Å²) in [6.45, 7) is 3.98. The largest absolute Gasteiger partial charge is 0.473 e. The Kier molecular flexibility index (Phi) is 7.88. The number of hydrogen-bond donors (Lipinski definition) is 0. The first-order valence-corrected chi connectivity index (χ1v) is 11.5. The van der Waals surface area contributed by atoms with Crippen LogP contribution >= 0.6 is 11.6 Å². The Balaban J connectivity index is 1.52. The first kappa shape index (κ1) is 26.7. The maximum atomic E-state index is 14.6. The summed E-state index contributed by atoms with van der Waals surface area (Å²) in [7, 11) is 0. The Morgan fingerprint density at radius 3 is 2.38 bits per heavy atom. The highest BCUT2D eigenvalue weighted by molar-refractivity contribution is 6.31. The molecule has 1 fully saturated rings. The molecule has 1 aromatic heterocycles. The van der Waals surface area contributed by atoms with Crippen molar-refractivity contribution in [2.75, 3.05) is 31.2 Å². The number of morpholine rings is 1. The molecule has 0 saturated carbocycles. The van der Waals surface area contributed by atoms with E-state index in [0.29, 0.717) is 44.7 Å². The summed E-state index contributed by atoms with van der Waals surface area (Å²) in [5.41, 5.74) is -1.70. The van der Waals surface area contributed by atoms with E-state index in [0.717, 1.165) is 24.3 Å². The van der Waals surface area contributed by atoms with E-state index in [-0.39, 0.29) is 18.1 Å². The van der Waals surface area contributed by atoms with Gasteiger partial charge in [-0.2, -0.15) is 18.2 Å². The van der Waals surface area contributed by atoms with Crippen molar-refractivity contribution in [1.29, 1.82) is 0 Å². The Hall–Kier alpha value is -3.38. The number of nitrogens with zero attached hydrogens (tertiary/aromatic N) is 3. The predicted octanol–water partition coefficient (Wildman–Crippen LogP) is 5.42. The summed E-state index contributed by atoms with van der Waals surface area (Å²) in [6, 6.07) is 5.92.